The number of hydrogen-bond acceptors (Lipinski definition) is 4. The second kappa shape index (κ2) is 4.49. The molecule has 0 aliphatic carbocycles. The number of benzene rings is 2. The first-order valence-corrected chi connectivity index (χ1v) is 6.36. The topological polar surface area (TPSA) is 36.9 Å². The Morgan fingerprint density at radius 3 is 1.55 bits per heavy atom. The fourth-order valence-corrected chi connectivity index (χ4v) is 2.23. The molecule has 2 aromatic rings. The summed E-state index contributed by atoms with van der Waals surface area (Å²) in [6, 6.07) is 11.8. The number of fused-ring (bicyclic) bond motifs is 2. The van der Waals surface area contributed by atoms with Crippen molar-refractivity contribution >= 4 is 12.2 Å². The van der Waals surface area contributed by atoms with E-state index in [0.717, 1.165) is 34.1 Å². The molecule has 4 rings (SSSR count). The largest absolute Gasteiger partial charge is 0.454 e. The number of hydrogen-bond donors (Lipinski definition) is 0. The predicted octanol–water partition coefficient (Wildman–Crippen LogP) is 3.31. The second-order valence-corrected chi connectivity index (χ2v) is 4.56. The first-order valence-electron chi connectivity index (χ1n) is 6.36. The van der Waals surface area contributed by atoms with Crippen molar-refractivity contribution in [3.8, 4) is 23.0 Å². The molecule has 2 heterocycles. The quantitative estimate of drug-likeness (QED) is 0.783. The van der Waals surface area contributed by atoms with Gasteiger partial charge >= 0.3 is 0 Å². The SMILES string of the molecule is C(=C\c1ccc2c(c1)OCO2)/c1ccc2c(c1)OCO2. The Bertz CT molecular complexity index is 631. The van der Waals surface area contributed by atoms with Crippen LogP contribution in [-0.4, -0.2) is 13.6 Å². The Hall–Kier alpha value is -2.62. The van der Waals surface area contributed by atoms with Gasteiger partial charge in [-0.2, -0.15) is 0 Å². The lowest BCUT2D eigenvalue weighted by atomic mass is 10.1. The molecule has 4 heteroatoms. The van der Waals surface area contributed by atoms with Gasteiger partial charge in [-0.3, -0.25) is 0 Å². The fraction of sp³-hybridized carbons (Fsp3) is 0.125. The molecule has 20 heavy (non-hydrogen) atoms. The molecule has 0 unspecified atom stereocenters. The normalized spacial score (nSPS) is 15.0. The first kappa shape index (κ1) is 11.2. The van der Waals surface area contributed by atoms with E-state index in [-0.39, 0.29) is 0 Å². The third kappa shape index (κ3) is 1.95. The maximum atomic E-state index is 5.36. The molecule has 0 atom stereocenters. The summed E-state index contributed by atoms with van der Waals surface area (Å²) in [6.07, 6.45) is 4.05. The van der Waals surface area contributed by atoms with E-state index in [1.165, 1.54) is 0 Å². The van der Waals surface area contributed by atoms with E-state index < -0.39 is 0 Å². The van der Waals surface area contributed by atoms with Crippen LogP contribution < -0.4 is 18.9 Å². The zero-order valence-electron chi connectivity index (χ0n) is 10.7. The Labute approximate surface area is 116 Å². The van der Waals surface area contributed by atoms with E-state index in [1.807, 2.05) is 48.6 Å². The lowest BCUT2D eigenvalue weighted by molar-refractivity contribution is 0.173. The van der Waals surface area contributed by atoms with Crippen molar-refractivity contribution in [3.05, 3.63) is 47.5 Å². The van der Waals surface area contributed by atoms with Gasteiger partial charge in [0.05, 0.1) is 0 Å². The zero-order chi connectivity index (χ0) is 13.4. The molecule has 4 nitrogen and oxygen atoms in total. The van der Waals surface area contributed by atoms with Crippen LogP contribution in [-0.2, 0) is 0 Å². The highest BCUT2D eigenvalue weighted by Gasteiger charge is 2.13. The minimum Gasteiger partial charge on any atom is -0.454 e. The molecule has 0 radical (unpaired) electrons. The van der Waals surface area contributed by atoms with E-state index in [1.54, 1.807) is 0 Å². The third-order valence-electron chi connectivity index (χ3n) is 3.26. The summed E-state index contributed by atoms with van der Waals surface area (Å²) in [5.41, 5.74) is 2.12. The summed E-state index contributed by atoms with van der Waals surface area (Å²) in [6.45, 7) is 0.593. The van der Waals surface area contributed by atoms with E-state index in [2.05, 4.69) is 0 Å². The second-order valence-electron chi connectivity index (χ2n) is 4.56. The van der Waals surface area contributed by atoms with Crippen molar-refractivity contribution in [3.63, 3.8) is 0 Å². The summed E-state index contributed by atoms with van der Waals surface area (Å²) in [7, 11) is 0. The van der Waals surface area contributed by atoms with Crippen molar-refractivity contribution < 1.29 is 18.9 Å². The summed E-state index contributed by atoms with van der Waals surface area (Å²) in [5, 5.41) is 0. The highest BCUT2D eigenvalue weighted by atomic mass is 16.7. The average Bonchev–Trinajstić information content (AvgIpc) is 3.12. The Morgan fingerprint density at radius 1 is 0.600 bits per heavy atom. The molecule has 0 amide bonds. The monoisotopic (exact) mass is 268 g/mol. The Morgan fingerprint density at radius 2 is 1.05 bits per heavy atom. The van der Waals surface area contributed by atoms with Crippen molar-refractivity contribution in [1.29, 1.82) is 0 Å². The highest BCUT2D eigenvalue weighted by Crippen LogP contribution is 2.34. The van der Waals surface area contributed by atoms with Gasteiger partial charge in [-0.15, -0.1) is 0 Å². The van der Waals surface area contributed by atoms with E-state index in [4.69, 9.17) is 18.9 Å². The zero-order valence-corrected chi connectivity index (χ0v) is 10.7. The Balaban J connectivity index is 1.59. The lowest BCUT2D eigenvalue weighted by Gasteiger charge is -1.99. The van der Waals surface area contributed by atoms with Gasteiger partial charge in [-0.1, -0.05) is 24.3 Å². The predicted molar refractivity (Wildman–Crippen MR) is 74.1 cm³/mol. The molecule has 0 N–H and O–H groups in total. The van der Waals surface area contributed by atoms with Crippen molar-refractivity contribution in [2.75, 3.05) is 13.6 Å². The van der Waals surface area contributed by atoms with Crippen LogP contribution in [0.3, 0.4) is 0 Å². The van der Waals surface area contributed by atoms with E-state index in [0.29, 0.717) is 13.6 Å². The third-order valence-corrected chi connectivity index (χ3v) is 3.26. The van der Waals surface area contributed by atoms with Gasteiger partial charge in [0.15, 0.2) is 23.0 Å². The molecular weight excluding hydrogens is 256 g/mol. The van der Waals surface area contributed by atoms with Crippen LogP contribution in [0.4, 0.5) is 0 Å². The number of ether oxygens (including phenoxy) is 4. The van der Waals surface area contributed by atoms with Gasteiger partial charge in [0.1, 0.15) is 0 Å². The molecule has 0 fully saturated rings. The minimum absolute atomic E-state index is 0.296. The van der Waals surface area contributed by atoms with Gasteiger partial charge in [-0.25, -0.2) is 0 Å². The molecular formula is C16H12O4. The summed E-state index contributed by atoms with van der Waals surface area (Å²) >= 11 is 0. The molecule has 0 saturated heterocycles. The van der Waals surface area contributed by atoms with Gasteiger partial charge in [-0.05, 0) is 35.4 Å². The van der Waals surface area contributed by atoms with E-state index in [9.17, 15) is 0 Å². The lowest BCUT2D eigenvalue weighted by Crippen LogP contribution is -1.92. The van der Waals surface area contributed by atoms with Crippen LogP contribution >= 0.6 is 0 Å². The van der Waals surface area contributed by atoms with E-state index >= 15 is 0 Å². The van der Waals surface area contributed by atoms with Gasteiger partial charge in [0.25, 0.3) is 0 Å². The number of rotatable bonds is 2. The van der Waals surface area contributed by atoms with Crippen molar-refractivity contribution in [1.82, 2.24) is 0 Å². The molecule has 2 aromatic carbocycles. The minimum atomic E-state index is 0.296. The van der Waals surface area contributed by atoms with Crippen LogP contribution in [0, 0.1) is 0 Å². The average molecular weight is 268 g/mol. The van der Waals surface area contributed by atoms with Crippen LogP contribution in [0.25, 0.3) is 12.2 Å². The maximum Gasteiger partial charge on any atom is 0.231 e. The standard InChI is InChI=1S/C16H12O4/c1(11-3-5-13-15(7-11)19-9-17-13)2-12-4-6-14-16(8-12)20-10-18-14/h1-8H,9-10H2/b2-1+. The highest BCUT2D eigenvalue weighted by molar-refractivity contribution is 5.72. The molecule has 0 spiro atoms. The smallest absolute Gasteiger partial charge is 0.231 e. The molecule has 0 aromatic heterocycles. The van der Waals surface area contributed by atoms with Crippen molar-refractivity contribution in [2.45, 2.75) is 0 Å². The van der Waals surface area contributed by atoms with Crippen LogP contribution in [0.5, 0.6) is 23.0 Å². The molecule has 0 saturated carbocycles. The van der Waals surface area contributed by atoms with Crippen LogP contribution in [0.15, 0.2) is 36.4 Å². The summed E-state index contributed by atoms with van der Waals surface area (Å²) in [4.78, 5) is 0. The van der Waals surface area contributed by atoms with Gasteiger partial charge < -0.3 is 18.9 Å². The summed E-state index contributed by atoms with van der Waals surface area (Å²) < 4.78 is 21.3. The van der Waals surface area contributed by atoms with Crippen LogP contribution in [0.1, 0.15) is 11.1 Å². The van der Waals surface area contributed by atoms with Crippen LogP contribution in [0.2, 0.25) is 0 Å². The molecule has 2 aliphatic rings. The maximum absolute atomic E-state index is 5.36. The molecule has 2 aliphatic heterocycles. The first-order chi connectivity index (χ1) is 9.88. The molecule has 100 valence electrons. The van der Waals surface area contributed by atoms with Gasteiger partial charge in [0.2, 0.25) is 13.6 Å². The Kier molecular flexibility index (Phi) is 2.52. The summed E-state index contributed by atoms with van der Waals surface area (Å²) in [5.74, 6) is 3.17. The van der Waals surface area contributed by atoms with Crippen molar-refractivity contribution in [2.24, 2.45) is 0 Å². The van der Waals surface area contributed by atoms with Gasteiger partial charge in [0, 0.05) is 0 Å². The molecule has 0 bridgehead atoms. The fourth-order valence-electron chi connectivity index (χ4n) is 2.23.